The van der Waals surface area contributed by atoms with Crippen molar-refractivity contribution in [1.29, 1.82) is 10.5 Å². The van der Waals surface area contributed by atoms with Crippen LogP contribution in [0.25, 0.3) is 6.08 Å². The molecule has 0 saturated heterocycles. The molecule has 0 aliphatic heterocycles. The van der Waals surface area contributed by atoms with Crippen LogP contribution in [0.15, 0.2) is 78.9 Å². The first-order chi connectivity index (χ1) is 15.6. The van der Waals surface area contributed by atoms with Crippen LogP contribution in [-0.4, -0.2) is 17.4 Å². The smallest absolute Gasteiger partial charge is 0.247 e. The highest BCUT2D eigenvalue weighted by Crippen LogP contribution is 2.16. The summed E-state index contributed by atoms with van der Waals surface area (Å²) in [5, 5.41) is 17.5. The van der Waals surface area contributed by atoms with Gasteiger partial charge in [0.15, 0.2) is 6.61 Å². The van der Waals surface area contributed by atoms with E-state index >= 15 is 0 Å². The Kier molecular flexibility index (Phi) is 7.73. The summed E-state index contributed by atoms with van der Waals surface area (Å²) in [6.07, 6.45) is 3.15. The van der Waals surface area contributed by atoms with Gasteiger partial charge in [0.25, 0.3) is 0 Å². The Labute approximate surface area is 186 Å². The third kappa shape index (κ3) is 6.55. The molecule has 3 rings (SSSR count). The van der Waals surface area contributed by atoms with Gasteiger partial charge >= 0.3 is 0 Å². The highest BCUT2D eigenvalue weighted by Gasteiger charge is 2.13. The molecule has 32 heavy (non-hydrogen) atoms. The standard InChI is InChI=1S/C26H20FN3O2/c27-24-3-1-2-23(16-24)19-30(18-22-6-4-21(17-29)5-7-22)26(31)13-10-20-8-11-25(12-9-20)32-15-14-28/h1-13,16H,15,18-19H2. The molecule has 0 heterocycles. The molecule has 0 aliphatic rings. The maximum absolute atomic E-state index is 13.6. The van der Waals surface area contributed by atoms with Crippen molar-refractivity contribution in [3.05, 3.63) is 107 Å². The second kappa shape index (κ2) is 11.1. The van der Waals surface area contributed by atoms with Crippen molar-refractivity contribution in [2.45, 2.75) is 13.1 Å². The number of ether oxygens (including phenoxy) is 1. The van der Waals surface area contributed by atoms with Crippen molar-refractivity contribution in [2.24, 2.45) is 0 Å². The predicted molar refractivity (Wildman–Crippen MR) is 118 cm³/mol. The lowest BCUT2D eigenvalue weighted by Gasteiger charge is -2.22. The number of nitrogens with zero attached hydrogens (tertiary/aromatic N) is 3. The van der Waals surface area contributed by atoms with Crippen LogP contribution in [0.3, 0.4) is 0 Å². The van der Waals surface area contributed by atoms with E-state index in [9.17, 15) is 9.18 Å². The first-order valence-corrected chi connectivity index (χ1v) is 9.87. The molecule has 0 atom stereocenters. The molecule has 0 N–H and O–H groups in total. The summed E-state index contributed by atoms with van der Waals surface area (Å²) in [5.41, 5.74) is 2.88. The second-order valence-corrected chi connectivity index (χ2v) is 6.98. The molecule has 0 unspecified atom stereocenters. The van der Waals surface area contributed by atoms with Crippen molar-refractivity contribution in [1.82, 2.24) is 4.90 Å². The number of halogens is 1. The number of amides is 1. The van der Waals surface area contributed by atoms with Crippen LogP contribution in [0.1, 0.15) is 22.3 Å². The molecule has 0 radical (unpaired) electrons. The Bertz CT molecular complexity index is 1170. The van der Waals surface area contributed by atoms with Gasteiger partial charge < -0.3 is 9.64 Å². The molecular weight excluding hydrogens is 405 g/mol. The Hall–Kier alpha value is -4.42. The molecule has 1 amide bonds. The Morgan fingerprint density at radius 3 is 2.34 bits per heavy atom. The summed E-state index contributed by atoms with van der Waals surface area (Å²) in [7, 11) is 0. The number of rotatable bonds is 8. The number of hydrogen-bond donors (Lipinski definition) is 0. The summed E-state index contributed by atoms with van der Waals surface area (Å²) in [6, 6.07) is 24.1. The minimum absolute atomic E-state index is 0.0297. The van der Waals surface area contributed by atoms with Gasteiger partial charge in [0, 0.05) is 19.2 Å². The summed E-state index contributed by atoms with van der Waals surface area (Å²) in [4.78, 5) is 14.6. The summed E-state index contributed by atoms with van der Waals surface area (Å²) in [5.74, 6) is -0.0190. The molecule has 3 aromatic rings. The summed E-state index contributed by atoms with van der Waals surface area (Å²) >= 11 is 0. The van der Waals surface area contributed by atoms with Crippen LogP contribution in [0.4, 0.5) is 4.39 Å². The predicted octanol–water partition coefficient (Wildman–Crippen LogP) is 4.84. The summed E-state index contributed by atoms with van der Waals surface area (Å²) < 4.78 is 18.9. The fourth-order valence-electron chi connectivity index (χ4n) is 3.04. The number of nitriles is 2. The quantitative estimate of drug-likeness (QED) is 0.484. The van der Waals surface area contributed by atoms with Crippen molar-refractivity contribution in [3.63, 3.8) is 0 Å². The van der Waals surface area contributed by atoms with Crippen LogP contribution in [0.5, 0.6) is 5.75 Å². The largest absolute Gasteiger partial charge is 0.479 e. The zero-order chi connectivity index (χ0) is 22.8. The van der Waals surface area contributed by atoms with Crippen LogP contribution < -0.4 is 4.74 Å². The number of benzene rings is 3. The van der Waals surface area contributed by atoms with E-state index in [4.69, 9.17) is 15.3 Å². The SMILES string of the molecule is N#CCOc1ccc(C=CC(=O)N(Cc2ccc(C#N)cc2)Cc2cccc(F)c2)cc1. The zero-order valence-corrected chi connectivity index (χ0v) is 17.2. The third-order valence-electron chi connectivity index (χ3n) is 4.63. The summed E-state index contributed by atoms with van der Waals surface area (Å²) in [6.45, 7) is 0.520. The fourth-order valence-corrected chi connectivity index (χ4v) is 3.04. The Morgan fingerprint density at radius 1 is 0.969 bits per heavy atom. The van der Waals surface area contributed by atoms with Gasteiger partial charge in [-0.2, -0.15) is 10.5 Å². The molecule has 0 aliphatic carbocycles. The van der Waals surface area contributed by atoms with E-state index in [1.807, 2.05) is 6.07 Å². The van der Waals surface area contributed by atoms with Gasteiger partial charge in [0.2, 0.25) is 5.91 Å². The van der Waals surface area contributed by atoms with Gasteiger partial charge in [-0.05, 0) is 59.2 Å². The van der Waals surface area contributed by atoms with Crippen LogP contribution in [-0.2, 0) is 17.9 Å². The van der Waals surface area contributed by atoms with Crippen molar-refractivity contribution in [3.8, 4) is 17.9 Å². The first-order valence-electron chi connectivity index (χ1n) is 9.87. The Morgan fingerprint density at radius 2 is 1.69 bits per heavy atom. The van der Waals surface area contributed by atoms with Gasteiger partial charge in [-0.15, -0.1) is 0 Å². The lowest BCUT2D eigenvalue weighted by Crippen LogP contribution is -2.28. The average molecular weight is 425 g/mol. The third-order valence-corrected chi connectivity index (χ3v) is 4.63. The van der Waals surface area contributed by atoms with Crippen molar-refractivity contribution >= 4 is 12.0 Å². The Balaban J connectivity index is 1.76. The number of carbonyl (C=O) groups excluding carboxylic acids is 1. The van der Waals surface area contributed by atoms with E-state index in [1.54, 1.807) is 71.6 Å². The molecule has 6 heteroatoms. The molecule has 158 valence electrons. The highest BCUT2D eigenvalue weighted by atomic mass is 19.1. The van der Waals surface area contributed by atoms with E-state index in [-0.39, 0.29) is 24.9 Å². The van der Waals surface area contributed by atoms with Crippen molar-refractivity contribution in [2.75, 3.05) is 6.61 Å². The minimum atomic E-state index is -0.359. The van der Waals surface area contributed by atoms with Gasteiger partial charge in [-0.25, -0.2) is 4.39 Å². The van der Waals surface area contributed by atoms with E-state index < -0.39 is 0 Å². The number of carbonyl (C=O) groups is 1. The fraction of sp³-hybridized carbons (Fsp3) is 0.115. The molecule has 0 bridgehead atoms. The molecule has 3 aromatic carbocycles. The monoisotopic (exact) mass is 425 g/mol. The lowest BCUT2D eigenvalue weighted by molar-refractivity contribution is -0.127. The first kappa shape index (κ1) is 22.3. The highest BCUT2D eigenvalue weighted by molar-refractivity contribution is 5.91. The molecule has 0 aromatic heterocycles. The average Bonchev–Trinajstić information content (AvgIpc) is 2.82. The van der Waals surface area contributed by atoms with Crippen LogP contribution in [0, 0.1) is 28.5 Å². The van der Waals surface area contributed by atoms with Gasteiger partial charge in [-0.3, -0.25) is 4.79 Å². The number of hydrogen-bond acceptors (Lipinski definition) is 4. The zero-order valence-electron chi connectivity index (χ0n) is 17.2. The lowest BCUT2D eigenvalue weighted by atomic mass is 10.1. The van der Waals surface area contributed by atoms with E-state index in [0.717, 1.165) is 11.1 Å². The van der Waals surface area contributed by atoms with Gasteiger partial charge in [0.05, 0.1) is 11.6 Å². The second-order valence-electron chi connectivity index (χ2n) is 6.98. The van der Waals surface area contributed by atoms with E-state index in [1.165, 1.54) is 18.2 Å². The molecule has 0 spiro atoms. The molecule has 0 saturated carbocycles. The molecule has 0 fully saturated rings. The topological polar surface area (TPSA) is 77.1 Å². The van der Waals surface area contributed by atoms with E-state index in [2.05, 4.69) is 6.07 Å². The maximum Gasteiger partial charge on any atom is 0.247 e. The van der Waals surface area contributed by atoms with Crippen LogP contribution in [0.2, 0.25) is 0 Å². The normalized spacial score (nSPS) is 10.3. The minimum Gasteiger partial charge on any atom is -0.479 e. The van der Waals surface area contributed by atoms with Gasteiger partial charge in [0.1, 0.15) is 17.6 Å². The van der Waals surface area contributed by atoms with Crippen LogP contribution >= 0.6 is 0 Å². The van der Waals surface area contributed by atoms with Gasteiger partial charge in [-0.1, -0.05) is 36.4 Å². The van der Waals surface area contributed by atoms with Crippen molar-refractivity contribution < 1.29 is 13.9 Å². The molecule has 5 nitrogen and oxygen atoms in total. The molecular formula is C26H20FN3O2. The maximum atomic E-state index is 13.6. The van der Waals surface area contributed by atoms with E-state index in [0.29, 0.717) is 23.4 Å².